The Morgan fingerprint density at radius 1 is 1.25 bits per heavy atom. The van der Waals surface area contributed by atoms with E-state index >= 15 is 0 Å². The summed E-state index contributed by atoms with van der Waals surface area (Å²) in [4.78, 5) is 11.9. The van der Waals surface area contributed by atoms with Crippen LogP contribution in [0, 0.1) is 6.92 Å². The van der Waals surface area contributed by atoms with Gasteiger partial charge in [-0.25, -0.2) is 9.97 Å². The van der Waals surface area contributed by atoms with Crippen LogP contribution in [0.4, 0.5) is 5.82 Å². The summed E-state index contributed by atoms with van der Waals surface area (Å²) >= 11 is 3.59. The van der Waals surface area contributed by atoms with Gasteiger partial charge in [0.25, 0.3) is 0 Å². The second-order valence-corrected chi connectivity index (χ2v) is 6.85. The number of aromatic nitrogens is 2. The van der Waals surface area contributed by atoms with E-state index in [2.05, 4.69) is 52.7 Å². The zero-order chi connectivity index (χ0) is 14.5. The molecule has 0 unspecified atom stereocenters. The zero-order valence-corrected chi connectivity index (χ0v) is 14.5. The molecule has 1 aliphatic rings. The number of rotatable bonds is 5. The number of hydrogen-bond donors (Lipinski definition) is 0. The highest BCUT2D eigenvalue weighted by Gasteiger charge is 2.22. The topological polar surface area (TPSA) is 29.0 Å². The first kappa shape index (κ1) is 15.7. The SMILES string of the molecule is Cc1cc(N(CCBr)C2CCCCC2)nc(C(C)C)n1. The van der Waals surface area contributed by atoms with Crippen molar-refractivity contribution in [1.29, 1.82) is 0 Å². The molecule has 0 bridgehead atoms. The lowest BCUT2D eigenvalue weighted by molar-refractivity contribution is 0.416. The van der Waals surface area contributed by atoms with E-state index in [1.165, 1.54) is 32.1 Å². The fourth-order valence-electron chi connectivity index (χ4n) is 2.95. The van der Waals surface area contributed by atoms with Gasteiger partial charge in [0.2, 0.25) is 0 Å². The summed E-state index contributed by atoms with van der Waals surface area (Å²) in [5.74, 6) is 2.47. The molecule has 1 fully saturated rings. The zero-order valence-electron chi connectivity index (χ0n) is 12.9. The maximum Gasteiger partial charge on any atom is 0.133 e. The van der Waals surface area contributed by atoms with Crippen molar-refractivity contribution in [2.24, 2.45) is 0 Å². The summed E-state index contributed by atoms with van der Waals surface area (Å²) in [6.07, 6.45) is 6.69. The molecule has 0 radical (unpaired) electrons. The van der Waals surface area contributed by atoms with Crippen LogP contribution in [0.2, 0.25) is 0 Å². The Morgan fingerprint density at radius 2 is 1.95 bits per heavy atom. The quantitative estimate of drug-likeness (QED) is 0.742. The number of alkyl halides is 1. The Balaban J connectivity index is 2.27. The van der Waals surface area contributed by atoms with Gasteiger partial charge >= 0.3 is 0 Å². The highest BCUT2D eigenvalue weighted by atomic mass is 79.9. The van der Waals surface area contributed by atoms with Crippen molar-refractivity contribution in [3.05, 3.63) is 17.6 Å². The van der Waals surface area contributed by atoms with E-state index in [1.807, 2.05) is 0 Å². The first-order chi connectivity index (χ1) is 9.61. The van der Waals surface area contributed by atoms with E-state index in [9.17, 15) is 0 Å². The predicted molar refractivity (Wildman–Crippen MR) is 88.9 cm³/mol. The third-order valence-corrected chi connectivity index (χ3v) is 4.36. The van der Waals surface area contributed by atoms with Gasteiger partial charge in [0.05, 0.1) is 0 Å². The first-order valence-corrected chi connectivity index (χ1v) is 8.92. The minimum absolute atomic E-state index is 0.380. The molecule has 0 aliphatic heterocycles. The molecular weight excluding hydrogens is 314 g/mol. The van der Waals surface area contributed by atoms with Gasteiger partial charge in [0.15, 0.2) is 0 Å². The molecule has 0 atom stereocenters. The maximum atomic E-state index is 4.82. The van der Waals surface area contributed by atoms with Gasteiger partial charge in [0, 0.05) is 35.6 Å². The summed E-state index contributed by atoms with van der Waals surface area (Å²) < 4.78 is 0. The normalized spacial score (nSPS) is 16.6. The van der Waals surface area contributed by atoms with Crippen molar-refractivity contribution in [3.8, 4) is 0 Å². The van der Waals surface area contributed by atoms with Crippen molar-refractivity contribution in [1.82, 2.24) is 9.97 Å². The second kappa shape index (κ2) is 7.39. The number of hydrogen-bond acceptors (Lipinski definition) is 3. The number of nitrogens with zero attached hydrogens (tertiary/aromatic N) is 3. The molecule has 20 heavy (non-hydrogen) atoms. The van der Waals surface area contributed by atoms with E-state index in [4.69, 9.17) is 4.98 Å². The van der Waals surface area contributed by atoms with E-state index in [0.29, 0.717) is 12.0 Å². The van der Waals surface area contributed by atoms with E-state index in [0.717, 1.165) is 29.2 Å². The van der Waals surface area contributed by atoms with Crippen LogP contribution in [0.3, 0.4) is 0 Å². The van der Waals surface area contributed by atoms with E-state index < -0.39 is 0 Å². The molecule has 0 aromatic carbocycles. The lowest BCUT2D eigenvalue weighted by Crippen LogP contribution is -2.39. The molecule has 1 saturated carbocycles. The highest BCUT2D eigenvalue weighted by Crippen LogP contribution is 2.27. The molecule has 3 nitrogen and oxygen atoms in total. The van der Waals surface area contributed by atoms with Gasteiger partial charge in [-0.2, -0.15) is 0 Å². The Kier molecular flexibility index (Phi) is 5.82. The third kappa shape index (κ3) is 3.94. The average molecular weight is 340 g/mol. The monoisotopic (exact) mass is 339 g/mol. The summed E-state index contributed by atoms with van der Waals surface area (Å²) in [7, 11) is 0. The second-order valence-electron chi connectivity index (χ2n) is 6.05. The molecule has 1 aromatic heterocycles. The van der Waals surface area contributed by atoms with E-state index in [-0.39, 0.29) is 0 Å². The minimum atomic E-state index is 0.380. The van der Waals surface area contributed by atoms with E-state index in [1.54, 1.807) is 0 Å². The minimum Gasteiger partial charge on any atom is -0.353 e. The lowest BCUT2D eigenvalue weighted by Gasteiger charge is -2.35. The van der Waals surface area contributed by atoms with Crippen LogP contribution in [0.15, 0.2) is 6.07 Å². The van der Waals surface area contributed by atoms with Gasteiger partial charge in [-0.05, 0) is 19.8 Å². The molecule has 2 rings (SSSR count). The molecule has 0 N–H and O–H groups in total. The van der Waals surface area contributed by atoms with Crippen LogP contribution >= 0.6 is 15.9 Å². The molecular formula is C16H26BrN3. The van der Waals surface area contributed by atoms with Crippen molar-refractivity contribution in [3.63, 3.8) is 0 Å². The largest absolute Gasteiger partial charge is 0.353 e. The fourth-order valence-corrected chi connectivity index (χ4v) is 3.33. The number of anilines is 1. The third-order valence-electron chi connectivity index (χ3n) is 4.01. The Labute approximate surface area is 131 Å². The van der Waals surface area contributed by atoms with Gasteiger partial charge in [0.1, 0.15) is 11.6 Å². The van der Waals surface area contributed by atoms with Crippen LogP contribution in [-0.4, -0.2) is 27.9 Å². The smallest absolute Gasteiger partial charge is 0.133 e. The standard InChI is InChI=1S/C16H26BrN3/c1-12(2)16-18-13(3)11-15(19-16)20(10-9-17)14-7-5-4-6-8-14/h11-12,14H,4-10H2,1-3H3. The van der Waals surface area contributed by atoms with Crippen LogP contribution < -0.4 is 4.90 Å². The predicted octanol–water partition coefficient (Wildman–Crippen LogP) is 4.44. The molecule has 1 aromatic rings. The fraction of sp³-hybridized carbons (Fsp3) is 0.750. The maximum absolute atomic E-state index is 4.82. The first-order valence-electron chi connectivity index (χ1n) is 7.80. The van der Waals surface area contributed by atoms with Gasteiger partial charge < -0.3 is 4.90 Å². The highest BCUT2D eigenvalue weighted by molar-refractivity contribution is 9.09. The Morgan fingerprint density at radius 3 is 2.55 bits per heavy atom. The lowest BCUT2D eigenvalue weighted by atomic mass is 9.94. The summed E-state index contributed by atoms with van der Waals surface area (Å²) in [6, 6.07) is 2.79. The Hall–Kier alpha value is -0.640. The average Bonchev–Trinajstić information content (AvgIpc) is 2.45. The van der Waals surface area contributed by atoms with Crippen LogP contribution in [0.5, 0.6) is 0 Å². The van der Waals surface area contributed by atoms with Crippen LogP contribution in [0.25, 0.3) is 0 Å². The van der Waals surface area contributed by atoms with Crippen molar-refractivity contribution in [2.45, 2.75) is 64.8 Å². The van der Waals surface area contributed by atoms with Gasteiger partial charge in [-0.1, -0.05) is 49.0 Å². The van der Waals surface area contributed by atoms with Crippen molar-refractivity contribution >= 4 is 21.7 Å². The number of aryl methyl sites for hydroxylation is 1. The van der Waals surface area contributed by atoms with Crippen LogP contribution in [0.1, 0.15) is 63.4 Å². The van der Waals surface area contributed by atoms with Crippen molar-refractivity contribution < 1.29 is 0 Å². The Bertz CT molecular complexity index is 428. The molecule has 4 heteroatoms. The number of halogens is 1. The van der Waals surface area contributed by atoms with Gasteiger partial charge in [-0.15, -0.1) is 0 Å². The van der Waals surface area contributed by atoms with Crippen molar-refractivity contribution in [2.75, 3.05) is 16.8 Å². The molecule has 0 amide bonds. The van der Waals surface area contributed by atoms with Crippen LogP contribution in [-0.2, 0) is 0 Å². The summed E-state index contributed by atoms with van der Waals surface area (Å²) in [5, 5.41) is 0.990. The molecule has 0 spiro atoms. The summed E-state index contributed by atoms with van der Waals surface area (Å²) in [6.45, 7) is 7.42. The summed E-state index contributed by atoms with van der Waals surface area (Å²) in [5.41, 5.74) is 1.08. The molecule has 112 valence electrons. The van der Waals surface area contributed by atoms with Gasteiger partial charge in [-0.3, -0.25) is 0 Å². The molecule has 0 saturated heterocycles. The molecule has 1 aliphatic carbocycles. The molecule has 1 heterocycles.